The van der Waals surface area contributed by atoms with E-state index < -0.39 is 0 Å². The summed E-state index contributed by atoms with van der Waals surface area (Å²) in [5.41, 5.74) is 0.142. The van der Waals surface area contributed by atoms with E-state index >= 15 is 0 Å². The SMILES string of the molecule is N#Cc1nc(-c2n[nH]c(=N)s2)[nH]c1C#N. The molecule has 0 bridgehead atoms. The normalized spacial score (nSPS) is 9.47. The van der Waals surface area contributed by atoms with Crippen LogP contribution in [0.25, 0.3) is 10.8 Å². The number of nitrogens with one attached hydrogen (secondary N) is 3. The molecule has 7 nitrogen and oxygen atoms in total. The Labute approximate surface area is 87.2 Å². The summed E-state index contributed by atoms with van der Waals surface area (Å²) in [6.07, 6.45) is 0. The first-order valence-electron chi connectivity index (χ1n) is 3.75. The lowest BCUT2D eigenvalue weighted by Crippen LogP contribution is -1.91. The predicted molar refractivity (Wildman–Crippen MR) is 49.3 cm³/mol. The van der Waals surface area contributed by atoms with Crippen molar-refractivity contribution >= 4 is 11.3 Å². The molecule has 0 radical (unpaired) electrons. The summed E-state index contributed by atoms with van der Waals surface area (Å²) in [5, 5.41) is 31.3. The smallest absolute Gasteiger partial charge is 0.197 e. The highest BCUT2D eigenvalue weighted by Gasteiger charge is 2.12. The molecule has 0 fully saturated rings. The summed E-state index contributed by atoms with van der Waals surface area (Å²) in [7, 11) is 0. The van der Waals surface area contributed by atoms with Gasteiger partial charge in [-0.15, -0.1) is 0 Å². The monoisotopic (exact) mass is 217 g/mol. The van der Waals surface area contributed by atoms with Crippen LogP contribution in [0.2, 0.25) is 0 Å². The number of aromatic nitrogens is 4. The van der Waals surface area contributed by atoms with Crippen LogP contribution in [0.5, 0.6) is 0 Å². The molecule has 72 valence electrons. The van der Waals surface area contributed by atoms with E-state index in [0.29, 0.717) is 10.8 Å². The van der Waals surface area contributed by atoms with E-state index in [1.165, 1.54) is 0 Å². The van der Waals surface area contributed by atoms with Crippen LogP contribution < -0.4 is 4.80 Å². The van der Waals surface area contributed by atoms with Crippen molar-refractivity contribution in [3.05, 3.63) is 16.2 Å². The highest BCUT2D eigenvalue weighted by atomic mass is 32.1. The van der Waals surface area contributed by atoms with Gasteiger partial charge in [-0.25, -0.2) is 4.98 Å². The van der Waals surface area contributed by atoms with E-state index in [0.717, 1.165) is 11.3 Å². The number of rotatable bonds is 1. The maximum atomic E-state index is 8.68. The summed E-state index contributed by atoms with van der Waals surface area (Å²) in [6.45, 7) is 0. The van der Waals surface area contributed by atoms with Gasteiger partial charge in [0, 0.05) is 0 Å². The molecule has 2 rings (SSSR count). The summed E-state index contributed by atoms with van der Waals surface area (Å²) in [5.74, 6) is 0.322. The first-order valence-corrected chi connectivity index (χ1v) is 4.57. The Morgan fingerprint density at radius 3 is 2.60 bits per heavy atom. The van der Waals surface area contributed by atoms with Crippen LogP contribution in [0.15, 0.2) is 0 Å². The predicted octanol–water partition coefficient (Wildman–Crippen LogP) is 0.0841. The standard InChI is InChI=1S/C7H3N7S/c8-1-3-4(2-9)12-5(11-3)6-13-14-7(10)15-6/h(H2,10,14)(H,11,12). The van der Waals surface area contributed by atoms with Crippen molar-refractivity contribution in [2.75, 3.05) is 0 Å². The molecule has 8 heteroatoms. The lowest BCUT2D eigenvalue weighted by atomic mass is 10.4. The summed E-state index contributed by atoms with van der Waals surface area (Å²) < 4.78 is 0. The average molecular weight is 217 g/mol. The zero-order valence-electron chi connectivity index (χ0n) is 7.20. The Kier molecular flexibility index (Phi) is 2.04. The minimum Gasteiger partial charge on any atom is -0.327 e. The number of hydrogen-bond acceptors (Lipinski definition) is 6. The van der Waals surface area contributed by atoms with Crippen LogP contribution in [-0.4, -0.2) is 20.2 Å². The van der Waals surface area contributed by atoms with Gasteiger partial charge in [-0.1, -0.05) is 11.3 Å². The van der Waals surface area contributed by atoms with Crippen molar-refractivity contribution in [1.29, 1.82) is 15.9 Å². The fourth-order valence-corrected chi connectivity index (χ4v) is 1.55. The molecular formula is C7H3N7S. The maximum absolute atomic E-state index is 8.68. The van der Waals surface area contributed by atoms with Gasteiger partial charge < -0.3 is 4.98 Å². The summed E-state index contributed by atoms with van der Waals surface area (Å²) in [4.78, 5) is 6.73. The molecule has 3 N–H and O–H groups in total. The largest absolute Gasteiger partial charge is 0.327 e. The second kappa shape index (κ2) is 3.36. The van der Waals surface area contributed by atoms with Crippen LogP contribution in [-0.2, 0) is 0 Å². The highest BCUT2D eigenvalue weighted by molar-refractivity contribution is 7.12. The molecule has 2 aromatic rings. The van der Waals surface area contributed by atoms with E-state index in [1.54, 1.807) is 6.07 Å². The molecule has 2 aromatic heterocycles. The molecule has 0 spiro atoms. The van der Waals surface area contributed by atoms with E-state index in [1.807, 2.05) is 6.07 Å². The molecule has 0 aliphatic rings. The molecule has 0 unspecified atom stereocenters. The van der Waals surface area contributed by atoms with Crippen molar-refractivity contribution in [3.63, 3.8) is 0 Å². The third-order valence-electron chi connectivity index (χ3n) is 1.58. The number of aromatic amines is 2. The molecule has 0 aliphatic heterocycles. The first-order chi connectivity index (χ1) is 7.24. The number of hydrogen-bond donors (Lipinski definition) is 3. The molecule has 15 heavy (non-hydrogen) atoms. The topological polar surface area (TPSA) is 129 Å². The van der Waals surface area contributed by atoms with Crippen molar-refractivity contribution in [2.24, 2.45) is 0 Å². The zero-order valence-corrected chi connectivity index (χ0v) is 8.01. The third-order valence-corrected chi connectivity index (χ3v) is 2.36. The van der Waals surface area contributed by atoms with Gasteiger partial charge in [0.1, 0.15) is 12.1 Å². The Bertz CT molecular complexity index is 600. The summed E-state index contributed by atoms with van der Waals surface area (Å²) >= 11 is 1.07. The van der Waals surface area contributed by atoms with Gasteiger partial charge in [0.15, 0.2) is 27.0 Å². The number of nitrogens with zero attached hydrogens (tertiary/aromatic N) is 4. The lowest BCUT2D eigenvalue weighted by Gasteiger charge is -1.82. The molecule has 0 aliphatic carbocycles. The highest BCUT2D eigenvalue weighted by Crippen LogP contribution is 2.16. The van der Waals surface area contributed by atoms with Crippen LogP contribution in [0.4, 0.5) is 0 Å². The van der Waals surface area contributed by atoms with Crippen LogP contribution >= 0.6 is 11.3 Å². The Balaban J connectivity index is 2.57. The molecule has 0 aromatic carbocycles. The van der Waals surface area contributed by atoms with Crippen LogP contribution in [0.3, 0.4) is 0 Å². The number of H-pyrrole nitrogens is 2. The fourth-order valence-electron chi connectivity index (χ4n) is 0.982. The van der Waals surface area contributed by atoms with Crippen LogP contribution in [0.1, 0.15) is 11.4 Å². The van der Waals surface area contributed by atoms with Gasteiger partial charge in [-0.3, -0.25) is 10.5 Å². The van der Waals surface area contributed by atoms with Gasteiger partial charge in [0.25, 0.3) is 0 Å². The molecule has 0 saturated heterocycles. The van der Waals surface area contributed by atoms with E-state index in [-0.39, 0.29) is 16.2 Å². The van der Waals surface area contributed by atoms with Gasteiger partial charge >= 0.3 is 0 Å². The second-order valence-electron chi connectivity index (χ2n) is 2.49. The molecular weight excluding hydrogens is 214 g/mol. The van der Waals surface area contributed by atoms with Gasteiger partial charge in [0.2, 0.25) is 0 Å². The van der Waals surface area contributed by atoms with Gasteiger partial charge in [-0.05, 0) is 0 Å². The van der Waals surface area contributed by atoms with Crippen molar-refractivity contribution in [2.45, 2.75) is 0 Å². The molecule has 0 atom stereocenters. The van der Waals surface area contributed by atoms with E-state index in [4.69, 9.17) is 15.9 Å². The number of nitriles is 2. The quantitative estimate of drug-likeness (QED) is 0.624. The van der Waals surface area contributed by atoms with E-state index in [9.17, 15) is 0 Å². The second-order valence-corrected chi connectivity index (χ2v) is 3.49. The summed E-state index contributed by atoms with van der Waals surface area (Å²) in [6, 6.07) is 3.62. The minimum atomic E-state index is 0.0363. The first kappa shape index (κ1) is 9.12. The zero-order chi connectivity index (χ0) is 10.8. The average Bonchev–Trinajstić information content (AvgIpc) is 2.82. The van der Waals surface area contributed by atoms with Crippen molar-refractivity contribution < 1.29 is 0 Å². The third kappa shape index (κ3) is 1.49. The van der Waals surface area contributed by atoms with Gasteiger partial charge in [0.05, 0.1) is 0 Å². The maximum Gasteiger partial charge on any atom is 0.197 e. The Morgan fingerprint density at radius 1 is 1.33 bits per heavy atom. The van der Waals surface area contributed by atoms with Crippen molar-refractivity contribution in [3.8, 4) is 23.0 Å². The van der Waals surface area contributed by atoms with Gasteiger partial charge in [-0.2, -0.15) is 15.6 Å². The fraction of sp³-hybridized carbons (Fsp3) is 0. The lowest BCUT2D eigenvalue weighted by molar-refractivity contribution is 1.00. The number of imidazole rings is 1. The van der Waals surface area contributed by atoms with Crippen LogP contribution in [0, 0.1) is 28.1 Å². The minimum absolute atomic E-state index is 0.0363. The molecule has 0 saturated carbocycles. The van der Waals surface area contributed by atoms with Crippen molar-refractivity contribution in [1.82, 2.24) is 20.2 Å². The Hall–Kier alpha value is -2.45. The molecule has 2 heterocycles. The van der Waals surface area contributed by atoms with E-state index in [2.05, 4.69) is 20.2 Å². The Morgan fingerprint density at radius 2 is 2.13 bits per heavy atom. The molecule has 0 amide bonds.